The third kappa shape index (κ3) is 2.96. The third-order valence-electron chi connectivity index (χ3n) is 3.79. The second-order valence-corrected chi connectivity index (χ2v) is 5.35. The van der Waals surface area contributed by atoms with Crippen LogP contribution in [0.5, 0.6) is 0 Å². The Hall–Kier alpha value is -1.39. The molecule has 2 heterocycles. The molecule has 4 nitrogen and oxygen atoms in total. The Morgan fingerprint density at radius 2 is 2.37 bits per heavy atom. The first kappa shape index (κ1) is 12.6. The molecule has 3 rings (SSSR count). The molecular weight excluding hydrogens is 238 g/mol. The zero-order valence-electron chi connectivity index (χ0n) is 11.4. The van der Waals surface area contributed by atoms with Crippen LogP contribution in [0, 0.1) is 5.92 Å². The lowest BCUT2D eigenvalue weighted by atomic mass is 10.0. The largest absolute Gasteiger partial charge is 0.381 e. The first-order chi connectivity index (χ1) is 9.33. The molecule has 0 bridgehead atoms. The van der Waals surface area contributed by atoms with E-state index in [1.165, 1.54) is 12.8 Å². The SMILES string of the molecule is CC(NCC1CCCOC1)c1nc2ccccc2[nH]1. The van der Waals surface area contributed by atoms with Crippen molar-refractivity contribution in [3.63, 3.8) is 0 Å². The van der Waals surface area contributed by atoms with Crippen LogP contribution in [0.2, 0.25) is 0 Å². The molecule has 0 aliphatic carbocycles. The third-order valence-corrected chi connectivity index (χ3v) is 3.79. The molecule has 1 fully saturated rings. The standard InChI is InChI=1S/C15H21N3O/c1-11(16-9-12-5-4-8-19-10-12)15-17-13-6-2-3-7-14(13)18-15/h2-3,6-7,11-12,16H,4-5,8-10H2,1H3,(H,17,18). The van der Waals surface area contributed by atoms with Crippen LogP contribution in [0.15, 0.2) is 24.3 Å². The van der Waals surface area contributed by atoms with E-state index in [2.05, 4.69) is 28.3 Å². The highest BCUT2D eigenvalue weighted by atomic mass is 16.5. The summed E-state index contributed by atoms with van der Waals surface area (Å²) >= 11 is 0. The van der Waals surface area contributed by atoms with Crippen molar-refractivity contribution in [2.24, 2.45) is 5.92 Å². The van der Waals surface area contributed by atoms with Gasteiger partial charge in [0.1, 0.15) is 5.82 Å². The topological polar surface area (TPSA) is 49.9 Å². The summed E-state index contributed by atoms with van der Waals surface area (Å²) in [4.78, 5) is 8.01. The number of para-hydroxylation sites is 2. The number of fused-ring (bicyclic) bond motifs is 1. The molecule has 1 saturated heterocycles. The van der Waals surface area contributed by atoms with E-state index in [1.807, 2.05) is 18.2 Å². The maximum atomic E-state index is 5.50. The number of rotatable bonds is 4. The Kier molecular flexibility index (Phi) is 3.80. The zero-order valence-corrected chi connectivity index (χ0v) is 11.4. The van der Waals surface area contributed by atoms with Crippen molar-refractivity contribution < 1.29 is 4.74 Å². The summed E-state index contributed by atoms with van der Waals surface area (Å²) < 4.78 is 5.50. The molecule has 0 radical (unpaired) electrons. The summed E-state index contributed by atoms with van der Waals surface area (Å²) in [6.07, 6.45) is 2.45. The first-order valence-corrected chi connectivity index (χ1v) is 7.08. The van der Waals surface area contributed by atoms with Crippen molar-refractivity contribution in [1.29, 1.82) is 0 Å². The minimum absolute atomic E-state index is 0.245. The molecule has 102 valence electrons. The molecule has 0 saturated carbocycles. The lowest BCUT2D eigenvalue weighted by Crippen LogP contribution is -2.31. The van der Waals surface area contributed by atoms with Crippen LogP contribution < -0.4 is 5.32 Å². The van der Waals surface area contributed by atoms with E-state index in [0.29, 0.717) is 5.92 Å². The number of nitrogens with one attached hydrogen (secondary N) is 2. The lowest BCUT2D eigenvalue weighted by Gasteiger charge is -2.23. The average molecular weight is 259 g/mol. The number of hydrogen-bond acceptors (Lipinski definition) is 3. The molecule has 2 atom stereocenters. The molecular formula is C15H21N3O. The van der Waals surface area contributed by atoms with E-state index < -0.39 is 0 Å². The van der Waals surface area contributed by atoms with Crippen molar-refractivity contribution in [3.8, 4) is 0 Å². The number of nitrogens with zero attached hydrogens (tertiary/aromatic N) is 1. The summed E-state index contributed by atoms with van der Waals surface area (Å²) in [5, 5.41) is 3.56. The molecule has 1 aromatic carbocycles. The molecule has 1 aliphatic heterocycles. The molecule has 19 heavy (non-hydrogen) atoms. The van der Waals surface area contributed by atoms with Crippen molar-refractivity contribution in [2.45, 2.75) is 25.8 Å². The van der Waals surface area contributed by atoms with Crippen LogP contribution in [0.4, 0.5) is 0 Å². The molecule has 0 amide bonds. The summed E-state index contributed by atoms with van der Waals surface area (Å²) in [6.45, 7) is 4.97. The van der Waals surface area contributed by atoms with Crippen molar-refractivity contribution in [3.05, 3.63) is 30.1 Å². The van der Waals surface area contributed by atoms with E-state index in [1.54, 1.807) is 0 Å². The fourth-order valence-electron chi connectivity index (χ4n) is 2.59. The van der Waals surface area contributed by atoms with Gasteiger partial charge in [0.2, 0.25) is 0 Å². The van der Waals surface area contributed by atoms with E-state index in [-0.39, 0.29) is 6.04 Å². The van der Waals surface area contributed by atoms with Gasteiger partial charge in [0.25, 0.3) is 0 Å². The molecule has 4 heteroatoms. The summed E-state index contributed by atoms with van der Waals surface area (Å²) in [5.74, 6) is 1.65. The number of aromatic nitrogens is 2. The minimum atomic E-state index is 0.245. The van der Waals surface area contributed by atoms with Crippen molar-refractivity contribution >= 4 is 11.0 Å². The molecule has 1 aromatic heterocycles. The minimum Gasteiger partial charge on any atom is -0.381 e. The predicted octanol–water partition coefficient (Wildman–Crippen LogP) is 2.64. The Bertz CT molecular complexity index is 498. The van der Waals surface area contributed by atoms with Crippen LogP contribution in [0.1, 0.15) is 31.6 Å². The Balaban J connectivity index is 1.61. The van der Waals surface area contributed by atoms with E-state index in [9.17, 15) is 0 Å². The van der Waals surface area contributed by atoms with Gasteiger partial charge in [0, 0.05) is 13.2 Å². The Morgan fingerprint density at radius 1 is 1.47 bits per heavy atom. The van der Waals surface area contributed by atoms with Gasteiger partial charge in [-0.3, -0.25) is 0 Å². The second kappa shape index (κ2) is 5.72. The van der Waals surface area contributed by atoms with Crippen LogP contribution in [-0.4, -0.2) is 29.7 Å². The van der Waals surface area contributed by atoms with Crippen LogP contribution in [0.3, 0.4) is 0 Å². The van der Waals surface area contributed by atoms with E-state index in [4.69, 9.17) is 4.74 Å². The highest BCUT2D eigenvalue weighted by Crippen LogP contribution is 2.17. The normalized spacial score (nSPS) is 21.6. The van der Waals surface area contributed by atoms with Gasteiger partial charge in [0.05, 0.1) is 23.7 Å². The Labute approximate surface area is 113 Å². The summed E-state index contributed by atoms with van der Waals surface area (Å²) in [7, 11) is 0. The number of H-pyrrole nitrogens is 1. The van der Waals surface area contributed by atoms with Gasteiger partial charge < -0.3 is 15.0 Å². The fourth-order valence-corrected chi connectivity index (χ4v) is 2.59. The number of hydrogen-bond donors (Lipinski definition) is 2. The van der Waals surface area contributed by atoms with E-state index >= 15 is 0 Å². The van der Waals surface area contributed by atoms with Gasteiger partial charge in [-0.15, -0.1) is 0 Å². The van der Waals surface area contributed by atoms with Crippen LogP contribution in [-0.2, 0) is 4.74 Å². The summed E-state index contributed by atoms with van der Waals surface area (Å²) in [6, 6.07) is 8.39. The fraction of sp³-hybridized carbons (Fsp3) is 0.533. The molecule has 2 unspecified atom stereocenters. The van der Waals surface area contributed by atoms with Gasteiger partial charge in [-0.2, -0.15) is 0 Å². The highest BCUT2D eigenvalue weighted by Gasteiger charge is 2.16. The quantitative estimate of drug-likeness (QED) is 0.887. The average Bonchev–Trinajstić information content (AvgIpc) is 2.90. The second-order valence-electron chi connectivity index (χ2n) is 5.35. The van der Waals surface area contributed by atoms with Crippen molar-refractivity contribution in [1.82, 2.24) is 15.3 Å². The first-order valence-electron chi connectivity index (χ1n) is 7.08. The van der Waals surface area contributed by atoms with E-state index in [0.717, 1.165) is 36.6 Å². The molecule has 2 N–H and O–H groups in total. The number of imidazole rings is 1. The van der Waals surface area contributed by atoms with Crippen LogP contribution >= 0.6 is 0 Å². The highest BCUT2D eigenvalue weighted by molar-refractivity contribution is 5.74. The monoisotopic (exact) mass is 259 g/mol. The van der Waals surface area contributed by atoms with Gasteiger partial charge in [0.15, 0.2) is 0 Å². The van der Waals surface area contributed by atoms with Gasteiger partial charge in [-0.1, -0.05) is 12.1 Å². The number of aromatic amines is 1. The van der Waals surface area contributed by atoms with Gasteiger partial charge in [-0.25, -0.2) is 4.98 Å². The number of ether oxygens (including phenoxy) is 1. The molecule has 0 spiro atoms. The van der Waals surface area contributed by atoms with Gasteiger partial charge >= 0.3 is 0 Å². The number of benzene rings is 1. The zero-order chi connectivity index (χ0) is 13.1. The maximum absolute atomic E-state index is 5.50. The smallest absolute Gasteiger partial charge is 0.124 e. The molecule has 1 aliphatic rings. The predicted molar refractivity (Wildman–Crippen MR) is 76.1 cm³/mol. The summed E-state index contributed by atoms with van der Waals surface area (Å²) in [5.41, 5.74) is 2.14. The van der Waals surface area contributed by atoms with Crippen LogP contribution in [0.25, 0.3) is 11.0 Å². The molecule has 2 aromatic rings. The maximum Gasteiger partial charge on any atom is 0.124 e. The van der Waals surface area contributed by atoms with Crippen molar-refractivity contribution in [2.75, 3.05) is 19.8 Å². The lowest BCUT2D eigenvalue weighted by molar-refractivity contribution is 0.0539. The Morgan fingerprint density at radius 3 is 3.16 bits per heavy atom. The van der Waals surface area contributed by atoms with Gasteiger partial charge in [-0.05, 0) is 37.8 Å².